The third-order valence-corrected chi connectivity index (χ3v) is 8.16. The lowest BCUT2D eigenvalue weighted by Crippen LogP contribution is -1.93. The Morgan fingerprint density at radius 1 is 0.381 bits per heavy atom. The quantitative estimate of drug-likeness (QED) is 0.231. The Kier molecular flexibility index (Phi) is 5.82. The minimum atomic E-state index is 1.07. The molecule has 0 fully saturated rings. The first-order valence-corrected chi connectivity index (χ1v) is 14.4. The molecule has 42 heavy (non-hydrogen) atoms. The van der Waals surface area contributed by atoms with Crippen molar-refractivity contribution in [3.8, 4) is 27.9 Å². The van der Waals surface area contributed by atoms with Crippen LogP contribution in [-0.2, 0) is 0 Å². The fourth-order valence-corrected chi connectivity index (χ4v) is 6.16. The predicted molar refractivity (Wildman–Crippen MR) is 179 cm³/mol. The Labute approximate surface area is 245 Å². The molecule has 1 N–H and O–H groups in total. The maximum absolute atomic E-state index is 3.61. The molecule has 0 atom stereocenters. The van der Waals surface area contributed by atoms with Gasteiger partial charge in [0, 0.05) is 27.8 Å². The topological polar surface area (TPSA) is 17.0 Å². The number of fused-ring (bicyclic) bond motifs is 4. The lowest BCUT2D eigenvalue weighted by molar-refractivity contribution is 1.18. The molecule has 1 heterocycles. The summed E-state index contributed by atoms with van der Waals surface area (Å²) in [6, 6.07) is 58.5. The average Bonchev–Trinajstić information content (AvgIpc) is 3.39. The van der Waals surface area contributed by atoms with Crippen LogP contribution in [0, 0.1) is 0 Å². The number of hydrogen-bond donors (Lipinski definition) is 1. The van der Waals surface area contributed by atoms with Crippen LogP contribution in [0.5, 0.6) is 0 Å². The molecule has 1 aromatic heterocycles. The van der Waals surface area contributed by atoms with Crippen LogP contribution in [0.1, 0.15) is 0 Å². The van der Waals surface area contributed by atoms with E-state index in [-0.39, 0.29) is 0 Å². The van der Waals surface area contributed by atoms with Gasteiger partial charge >= 0.3 is 0 Å². The average molecular weight is 537 g/mol. The van der Waals surface area contributed by atoms with Crippen molar-refractivity contribution in [1.82, 2.24) is 4.57 Å². The zero-order chi connectivity index (χ0) is 27.9. The standard InChI is InChI=1S/C40H28N2/c1-2-14-34(15-3-1)42-39-19-7-6-17-37(39)38-27-30(22-25-40(38)42)28-20-23-32(24-21-28)41-33-13-8-12-31(26-33)36-18-9-11-29-10-4-5-16-35(29)36/h1-27,41H. The molecule has 0 spiro atoms. The summed E-state index contributed by atoms with van der Waals surface area (Å²) in [5.41, 5.74) is 10.6. The number of hydrogen-bond acceptors (Lipinski definition) is 1. The van der Waals surface area contributed by atoms with E-state index in [1.54, 1.807) is 0 Å². The van der Waals surface area contributed by atoms with Crippen molar-refractivity contribution in [2.24, 2.45) is 0 Å². The summed E-state index contributed by atoms with van der Waals surface area (Å²) >= 11 is 0. The molecule has 8 rings (SSSR count). The van der Waals surface area contributed by atoms with E-state index in [9.17, 15) is 0 Å². The first-order chi connectivity index (χ1) is 20.8. The highest BCUT2D eigenvalue weighted by Crippen LogP contribution is 2.35. The highest BCUT2D eigenvalue weighted by atomic mass is 15.0. The second kappa shape index (κ2) is 10.1. The Morgan fingerprint density at radius 2 is 1.07 bits per heavy atom. The van der Waals surface area contributed by atoms with Crippen molar-refractivity contribution >= 4 is 44.0 Å². The van der Waals surface area contributed by atoms with Gasteiger partial charge in [-0.2, -0.15) is 0 Å². The fraction of sp³-hybridized carbons (Fsp3) is 0. The zero-order valence-electron chi connectivity index (χ0n) is 23.0. The van der Waals surface area contributed by atoms with Crippen molar-refractivity contribution < 1.29 is 0 Å². The van der Waals surface area contributed by atoms with Gasteiger partial charge in [0.1, 0.15) is 0 Å². The number of nitrogens with one attached hydrogen (secondary N) is 1. The molecule has 198 valence electrons. The Bertz CT molecular complexity index is 2200. The van der Waals surface area contributed by atoms with Gasteiger partial charge in [-0.15, -0.1) is 0 Å². The third-order valence-electron chi connectivity index (χ3n) is 8.16. The monoisotopic (exact) mass is 536 g/mol. The highest BCUT2D eigenvalue weighted by molar-refractivity contribution is 6.10. The van der Waals surface area contributed by atoms with E-state index in [0.29, 0.717) is 0 Å². The molecule has 0 unspecified atom stereocenters. The maximum Gasteiger partial charge on any atom is 0.0541 e. The number of aromatic nitrogens is 1. The number of nitrogens with zero attached hydrogens (tertiary/aromatic N) is 1. The van der Waals surface area contributed by atoms with Crippen LogP contribution in [-0.4, -0.2) is 4.57 Å². The van der Waals surface area contributed by atoms with E-state index >= 15 is 0 Å². The van der Waals surface area contributed by atoms with Gasteiger partial charge in [0.2, 0.25) is 0 Å². The molecule has 0 bridgehead atoms. The van der Waals surface area contributed by atoms with E-state index in [1.165, 1.54) is 60.5 Å². The minimum Gasteiger partial charge on any atom is -0.356 e. The summed E-state index contributed by atoms with van der Waals surface area (Å²) in [6.07, 6.45) is 0. The van der Waals surface area contributed by atoms with E-state index in [0.717, 1.165) is 11.4 Å². The van der Waals surface area contributed by atoms with Gasteiger partial charge in [-0.3, -0.25) is 0 Å². The Hall–Kier alpha value is -5.60. The second-order valence-corrected chi connectivity index (χ2v) is 10.7. The highest BCUT2D eigenvalue weighted by Gasteiger charge is 2.13. The first kappa shape index (κ1) is 24.2. The van der Waals surface area contributed by atoms with Gasteiger partial charge in [-0.1, -0.05) is 109 Å². The molecular formula is C40H28N2. The van der Waals surface area contributed by atoms with Crippen molar-refractivity contribution in [2.75, 3.05) is 5.32 Å². The van der Waals surface area contributed by atoms with Gasteiger partial charge in [-0.25, -0.2) is 0 Å². The van der Waals surface area contributed by atoms with Crippen LogP contribution in [0.25, 0.3) is 60.5 Å². The first-order valence-electron chi connectivity index (χ1n) is 14.4. The van der Waals surface area contributed by atoms with Crippen molar-refractivity contribution in [2.45, 2.75) is 0 Å². The van der Waals surface area contributed by atoms with E-state index in [4.69, 9.17) is 0 Å². The van der Waals surface area contributed by atoms with Crippen LogP contribution >= 0.6 is 0 Å². The molecule has 0 aliphatic rings. The summed E-state index contributed by atoms with van der Waals surface area (Å²) in [5.74, 6) is 0. The van der Waals surface area contributed by atoms with E-state index in [1.807, 2.05) is 0 Å². The molecule has 7 aromatic carbocycles. The summed E-state index contributed by atoms with van der Waals surface area (Å²) in [6.45, 7) is 0. The van der Waals surface area contributed by atoms with Gasteiger partial charge in [0.25, 0.3) is 0 Å². The van der Waals surface area contributed by atoms with Crippen LogP contribution in [0.15, 0.2) is 164 Å². The number of para-hydroxylation sites is 2. The molecule has 0 aliphatic carbocycles. The third kappa shape index (κ3) is 4.22. The maximum atomic E-state index is 3.61. The normalized spacial score (nSPS) is 11.3. The summed E-state index contributed by atoms with van der Waals surface area (Å²) in [4.78, 5) is 0. The summed E-state index contributed by atoms with van der Waals surface area (Å²) < 4.78 is 2.35. The van der Waals surface area contributed by atoms with E-state index < -0.39 is 0 Å². The molecule has 0 saturated carbocycles. The second-order valence-electron chi connectivity index (χ2n) is 10.7. The lowest BCUT2D eigenvalue weighted by atomic mass is 9.98. The van der Waals surface area contributed by atoms with Crippen LogP contribution in [0.3, 0.4) is 0 Å². The molecule has 0 radical (unpaired) electrons. The predicted octanol–water partition coefficient (Wildman–Crippen LogP) is 11.0. The molecule has 0 saturated heterocycles. The van der Waals surface area contributed by atoms with Gasteiger partial charge in [0.15, 0.2) is 0 Å². The molecule has 0 amide bonds. The Balaban J connectivity index is 1.11. The summed E-state index contributed by atoms with van der Waals surface area (Å²) in [7, 11) is 0. The molecule has 8 aromatic rings. The fourth-order valence-electron chi connectivity index (χ4n) is 6.16. The van der Waals surface area contributed by atoms with Crippen LogP contribution in [0.4, 0.5) is 11.4 Å². The zero-order valence-corrected chi connectivity index (χ0v) is 23.0. The number of rotatable bonds is 5. The molecule has 2 nitrogen and oxygen atoms in total. The van der Waals surface area contributed by atoms with Gasteiger partial charge < -0.3 is 9.88 Å². The molecular weight excluding hydrogens is 508 g/mol. The molecule has 0 aliphatic heterocycles. The van der Waals surface area contributed by atoms with Crippen LogP contribution in [0.2, 0.25) is 0 Å². The lowest BCUT2D eigenvalue weighted by Gasteiger charge is -2.11. The smallest absolute Gasteiger partial charge is 0.0541 e. The van der Waals surface area contributed by atoms with Gasteiger partial charge in [0.05, 0.1) is 11.0 Å². The van der Waals surface area contributed by atoms with Crippen molar-refractivity contribution in [3.63, 3.8) is 0 Å². The van der Waals surface area contributed by atoms with Crippen molar-refractivity contribution in [1.29, 1.82) is 0 Å². The van der Waals surface area contributed by atoms with Crippen molar-refractivity contribution in [3.05, 3.63) is 164 Å². The SMILES string of the molecule is c1ccc(-n2c3ccccc3c3cc(-c4ccc(Nc5cccc(-c6cccc7ccccc67)c5)cc4)ccc32)cc1. The Morgan fingerprint density at radius 3 is 1.95 bits per heavy atom. The van der Waals surface area contributed by atoms with E-state index in [2.05, 4.69) is 174 Å². The minimum absolute atomic E-state index is 1.07. The molecule has 2 heteroatoms. The van der Waals surface area contributed by atoms with Crippen LogP contribution < -0.4 is 5.32 Å². The van der Waals surface area contributed by atoms with Gasteiger partial charge in [-0.05, 0) is 87.6 Å². The number of benzene rings is 7. The number of anilines is 2. The summed E-state index contributed by atoms with van der Waals surface area (Å²) in [5, 5.41) is 8.67. The largest absolute Gasteiger partial charge is 0.356 e.